The van der Waals surface area contributed by atoms with E-state index in [1.54, 1.807) is 6.08 Å². The Balaban J connectivity index is 1.91. The normalized spacial score (nSPS) is 15.7. The van der Waals surface area contributed by atoms with E-state index in [1.807, 2.05) is 32.2 Å². The van der Waals surface area contributed by atoms with Gasteiger partial charge in [0, 0.05) is 17.8 Å². The second-order valence-corrected chi connectivity index (χ2v) is 7.62. The molecular formula is C20H21N3O2S. The van der Waals surface area contributed by atoms with E-state index in [2.05, 4.69) is 41.6 Å². The zero-order chi connectivity index (χ0) is 18.8. The number of benzene rings is 1. The van der Waals surface area contributed by atoms with Gasteiger partial charge in [-0.3, -0.25) is 14.9 Å². The van der Waals surface area contributed by atoms with Gasteiger partial charge in [-0.2, -0.15) is 0 Å². The SMILES string of the molecule is Cc1cc(-c2ccc(NC(C)C)nc2)c(C)cc1/C=C1\SC(=O)NC1=O. The minimum Gasteiger partial charge on any atom is -0.368 e. The number of nitrogens with one attached hydrogen (secondary N) is 2. The molecule has 1 aromatic carbocycles. The van der Waals surface area contributed by atoms with E-state index in [4.69, 9.17) is 0 Å². The lowest BCUT2D eigenvalue weighted by Crippen LogP contribution is -2.17. The Morgan fingerprint density at radius 1 is 1.15 bits per heavy atom. The predicted molar refractivity (Wildman–Crippen MR) is 107 cm³/mol. The molecule has 5 nitrogen and oxygen atoms in total. The Morgan fingerprint density at radius 2 is 1.92 bits per heavy atom. The van der Waals surface area contributed by atoms with Crippen molar-refractivity contribution in [2.45, 2.75) is 33.7 Å². The average Bonchev–Trinajstić information content (AvgIpc) is 2.88. The van der Waals surface area contributed by atoms with Crippen LogP contribution in [-0.4, -0.2) is 22.2 Å². The molecule has 26 heavy (non-hydrogen) atoms. The van der Waals surface area contributed by atoms with Gasteiger partial charge in [0.2, 0.25) is 0 Å². The van der Waals surface area contributed by atoms with E-state index in [-0.39, 0.29) is 11.1 Å². The van der Waals surface area contributed by atoms with Crippen molar-refractivity contribution in [3.8, 4) is 11.1 Å². The Hall–Kier alpha value is -2.60. The number of imide groups is 1. The molecule has 0 aliphatic carbocycles. The highest BCUT2D eigenvalue weighted by molar-refractivity contribution is 8.18. The second-order valence-electron chi connectivity index (χ2n) is 6.61. The zero-order valence-electron chi connectivity index (χ0n) is 15.2. The number of anilines is 1. The van der Waals surface area contributed by atoms with Gasteiger partial charge in [-0.05, 0) is 79.9 Å². The Labute approximate surface area is 157 Å². The molecule has 0 radical (unpaired) electrons. The predicted octanol–water partition coefficient (Wildman–Crippen LogP) is 4.51. The molecule has 1 aliphatic heterocycles. The van der Waals surface area contributed by atoms with Crippen molar-refractivity contribution in [1.82, 2.24) is 10.3 Å². The van der Waals surface area contributed by atoms with Crippen LogP contribution in [0.1, 0.15) is 30.5 Å². The Bertz CT molecular complexity index is 902. The van der Waals surface area contributed by atoms with Crippen LogP contribution in [0.3, 0.4) is 0 Å². The van der Waals surface area contributed by atoms with Crippen LogP contribution in [0.5, 0.6) is 0 Å². The quantitative estimate of drug-likeness (QED) is 0.778. The Kier molecular flexibility index (Phi) is 5.13. The fourth-order valence-electron chi connectivity index (χ4n) is 2.80. The number of carbonyl (C=O) groups is 2. The molecule has 0 saturated carbocycles. The first-order valence-electron chi connectivity index (χ1n) is 8.42. The Morgan fingerprint density at radius 3 is 2.50 bits per heavy atom. The minimum atomic E-state index is -0.335. The first-order chi connectivity index (χ1) is 12.3. The van der Waals surface area contributed by atoms with Gasteiger partial charge in [0.25, 0.3) is 11.1 Å². The van der Waals surface area contributed by atoms with Crippen LogP contribution in [0, 0.1) is 13.8 Å². The van der Waals surface area contributed by atoms with Crippen molar-refractivity contribution in [2.75, 3.05) is 5.32 Å². The minimum absolute atomic E-state index is 0.326. The molecule has 2 amide bonds. The highest BCUT2D eigenvalue weighted by atomic mass is 32.2. The summed E-state index contributed by atoms with van der Waals surface area (Å²) in [5.74, 6) is 0.520. The highest BCUT2D eigenvalue weighted by Gasteiger charge is 2.25. The molecule has 0 atom stereocenters. The summed E-state index contributed by atoms with van der Waals surface area (Å²) in [7, 11) is 0. The van der Waals surface area contributed by atoms with Gasteiger partial charge in [-0.15, -0.1) is 0 Å². The van der Waals surface area contributed by atoms with E-state index in [1.165, 1.54) is 0 Å². The number of pyridine rings is 1. The van der Waals surface area contributed by atoms with Crippen LogP contribution in [0.4, 0.5) is 10.6 Å². The maximum atomic E-state index is 11.7. The molecular weight excluding hydrogens is 346 g/mol. The molecule has 0 unspecified atom stereocenters. The molecule has 2 heterocycles. The van der Waals surface area contributed by atoms with Crippen LogP contribution in [0.2, 0.25) is 0 Å². The smallest absolute Gasteiger partial charge is 0.290 e. The molecule has 2 aromatic rings. The summed E-state index contributed by atoms with van der Waals surface area (Å²) in [6.45, 7) is 8.18. The fraction of sp³-hybridized carbons (Fsp3) is 0.250. The van der Waals surface area contributed by atoms with E-state index in [0.29, 0.717) is 10.9 Å². The summed E-state index contributed by atoms with van der Waals surface area (Å²) in [5.41, 5.74) is 5.21. The van der Waals surface area contributed by atoms with Gasteiger partial charge < -0.3 is 5.32 Å². The largest absolute Gasteiger partial charge is 0.368 e. The fourth-order valence-corrected chi connectivity index (χ4v) is 3.47. The van der Waals surface area contributed by atoms with Crippen LogP contribution in [0.25, 0.3) is 17.2 Å². The van der Waals surface area contributed by atoms with Crippen molar-refractivity contribution in [2.24, 2.45) is 0 Å². The summed E-state index contributed by atoms with van der Waals surface area (Å²) in [6.07, 6.45) is 3.63. The topological polar surface area (TPSA) is 71.1 Å². The lowest BCUT2D eigenvalue weighted by atomic mass is 9.95. The van der Waals surface area contributed by atoms with Crippen molar-refractivity contribution in [3.63, 3.8) is 0 Å². The first kappa shape index (κ1) is 18.2. The third kappa shape index (κ3) is 3.96. The van der Waals surface area contributed by atoms with Gasteiger partial charge >= 0.3 is 0 Å². The lowest BCUT2D eigenvalue weighted by molar-refractivity contribution is -0.115. The number of aryl methyl sites for hydroxylation is 2. The molecule has 134 valence electrons. The molecule has 0 bridgehead atoms. The summed E-state index contributed by atoms with van der Waals surface area (Å²) in [4.78, 5) is 28.0. The molecule has 1 aliphatic rings. The van der Waals surface area contributed by atoms with Crippen LogP contribution < -0.4 is 10.6 Å². The average molecular weight is 367 g/mol. The van der Waals surface area contributed by atoms with E-state index in [9.17, 15) is 9.59 Å². The number of hydrogen-bond donors (Lipinski definition) is 2. The number of hydrogen-bond acceptors (Lipinski definition) is 5. The monoisotopic (exact) mass is 367 g/mol. The third-order valence-electron chi connectivity index (χ3n) is 4.05. The molecule has 3 rings (SSSR count). The third-order valence-corrected chi connectivity index (χ3v) is 4.86. The van der Waals surface area contributed by atoms with Gasteiger partial charge in [-0.25, -0.2) is 4.98 Å². The van der Waals surface area contributed by atoms with Gasteiger partial charge in [0.15, 0.2) is 0 Å². The van der Waals surface area contributed by atoms with Crippen LogP contribution in [-0.2, 0) is 4.79 Å². The second kappa shape index (κ2) is 7.33. The van der Waals surface area contributed by atoms with Gasteiger partial charge in [-0.1, -0.05) is 12.1 Å². The van der Waals surface area contributed by atoms with Crippen molar-refractivity contribution in [1.29, 1.82) is 0 Å². The number of rotatable bonds is 4. The molecule has 0 spiro atoms. The standard InChI is InChI=1S/C20H21N3O2S/c1-11(2)22-18-6-5-14(10-21-18)16-8-12(3)15(7-13(16)4)9-17-19(24)23-20(25)26-17/h5-11H,1-4H3,(H,21,22)(H,23,24,25)/b17-9-. The first-order valence-corrected chi connectivity index (χ1v) is 9.24. The maximum Gasteiger partial charge on any atom is 0.290 e. The maximum absolute atomic E-state index is 11.7. The summed E-state index contributed by atoms with van der Waals surface area (Å²) in [5, 5.41) is 5.23. The van der Waals surface area contributed by atoms with Crippen molar-refractivity contribution in [3.05, 3.63) is 52.1 Å². The number of thioether (sulfide) groups is 1. The summed E-state index contributed by atoms with van der Waals surface area (Å²) < 4.78 is 0. The summed E-state index contributed by atoms with van der Waals surface area (Å²) in [6, 6.07) is 8.49. The molecule has 1 fully saturated rings. The molecule has 2 N–H and O–H groups in total. The van der Waals surface area contributed by atoms with Gasteiger partial charge in [0.1, 0.15) is 5.82 Å². The van der Waals surface area contributed by atoms with E-state index in [0.717, 1.165) is 45.4 Å². The van der Waals surface area contributed by atoms with Crippen molar-refractivity contribution < 1.29 is 9.59 Å². The number of aromatic nitrogens is 1. The number of amides is 2. The molecule has 6 heteroatoms. The highest BCUT2D eigenvalue weighted by Crippen LogP contribution is 2.31. The molecule has 1 aromatic heterocycles. The van der Waals surface area contributed by atoms with Gasteiger partial charge in [0.05, 0.1) is 4.91 Å². The summed E-state index contributed by atoms with van der Waals surface area (Å²) >= 11 is 0.935. The van der Waals surface area contributed by atoms with Crippen LogP contribution >= 0.6 is 11.8 Å². The zero-order valence-corrected chi connectivity index (χ0v) is 16.0. The van der Waals surface area contributed by atoms with Crippen molar-refractivity contribution >= 4 is 34.8 Å². The van der Waals surface area contributed by atoms with E-state index >= 15 is 0 Å². The number of carbonyl (C=O) groups excluding carboxylic acids is 2. The molecule has 1 saturated heterocycles. The van der Waals surface area contributed by atoms with Crippen LogP contribution in [0.15, 0.2) is 35.4 Å². The number of nitrogens with zero attached hydrogens (tertiary/aromatic N) is 1. The lowest BCUT2D eigenvalue weighted by Gasteiger charge is -2.12. The van der Waals surface area contributed by atoms with E-state index < -0.39 is 0 Å².